The van der Waals surface area contributed by atoms with Crippen molar-refractivity contribution in [3.05, 3.63) is 34.7 Å². The molecule has 1 aromatic carbocycles. The molecule has 3 rings (SSSR count). The van der Waals surface area contributed by atoms with Crippen LogP contribution in [-0.2, 0) is 4.74 Å². The number of carbonyl (C=O) groups is 1. The topological polar surface area (TPSA) is 81.5 Å². The summed E-state index contributed by atoms with van der Waals surface area (Å²) in [6.45, 7) is 2.78. The van der Waals surface area contributed by atoms with Crippen LogP contribution in [0.4, 0.5) is 16.2 Å². The highest BCUT2D eigenvalue weighted by molar-refractivity contribution is 5.90. The third kappa shape index (κ3) is 3.09. The molecule has 0 N–H and O–H groups in total. The number of nitrogens with zero attached hydrogens (tertiary/aromatic N) is 5. The molecule has 1 atom stereocenters. The highest BCUT2D eigenvalue weighted by Gasteiger charge is 2.31. The molecule has 2 aliphatic rings. The molecule has 0 aliphatic carbocycles. The van der Waals surface area contributed by atoms with Gasteiger partial charge in [-0.25, -0.2) is 4.79 Å². The Bertz CT molecular complexity index is 576. The van der Waals surface area contributed by atoms with Crippen LogP contribution in [0.5, 0.6) is 0 Å². The molecule has 2 heterocycles. The number of azide groups is 1. The molecule has 1 amide bonds. The van der Waals surface area contributed by atoms with Crippen molar-refractivity contribution in [2.24, 2.45) is 5.11 Å². The van der Waals surface area contributed by atoms with E-state index in [9.17, 15) is 4.79 Å². The lowest BCUT2D eigenvalue weighted by molar-refractivity contribution is 0.145. The predicted molar refractivity (Wildman–Crippen MR) is 84.1 cm³/mol. The average Bonchev–Trinajstić information content (AvgIpc) is 2.95. The number of hydrogen-bond donors (Lipinski definition) is 0. The average molecular weight is 301 g/mol. The first-order chi connectivity index (χ1) is 10.8. The van der Waals surface area contributed by atoms with Crippen LogP contribution in [0.25, 0.3) is 10.4 Å². The van der Waals surface area contributed by atoms with Crippen LogP contribution in [0.15, 0.2) is 29.4 Å². The lowest BCUT2D eigenvalue weighted by atomic mass is 10.1. The number of benzene rings is 1. The van der Waals surface area contributed by atoms with Gasteiger partial charge in [0.15, 0.2) is 0 Å². The molecule has 1 unspecified atom stereocenters. The minimum absolute atomic E-state index is 0.171. The maximum atomic E-state index is 11.9. The second kappa shape index (κ2) is 6.58. The molecule has 0 aromatic heterocycles. The van der Waals surface area contributed by atoms with Gasteiger partial charge in [-0.05, 0) is 49.1 Å². The van der Waals surface area contributed by atoms with Crippen molar-refractivity contribution in [1.82, 2.24) is 0 Å². The standard InChI is InChI=1S/C15H19N5O2/c16-18-17-10-14-11-20(15(21)22-14)13-6-4-12(5-7-13)19-8-2-1-3-9-19/h4-7,14H,1-3,8-11H2. The number of hydrogen-bond acceptors (Lipinski definition) is 4. The third-order valence-electron chi connectivity index (χ3n) is 4.11. The quantitative estimate of drug-likeness (QED) is 0.486. The number of carbonyl (C=O) groups excluding carboxylic acids is 1. The first-order valence-corrected chi connectivity index (χ1v) is 7.62. The van der Waals surface area contributed by atoms with E-state index in [1.165, 1.54) is 24.9 Å². The van der Waals surface area contributed by atoms with E-state index in [1.54, 1.807) is 4.90 Å². The monoisotopic (exact) mass is 301 g/mol. The lowest BCUT2D eigenvalue weighted by Gasteiger charge is -2.29. The van der Waals surface area contributed by atoms with Gasteiger partial charge in [0.25, 0.3) is 0 Å². The van der Waals surface area contributed by atoms with Crippen molar-refractivity contribution < 1.29 is 9.53 Å². The lowest BCUT2D eigenvalue weighted by Crippen LogP contribution is -2.29. The Kier molecular flexibility index (Phi) is 4.34. The van der Waals surface area contributed by atoms with Crippen LogP contribution in [0, 0.1) is 0 Å². The molecule has 7 heteroatoms. The zero-order chi connectivity index (χ0) is 15.4. The molecule has 0 saturated carbocycles. The van der Waals surface area contributed by atoms with Gasteiger partial charge in [-0.2, -0.15) is 0 Å². The Morgan fingerprint density at radius 1 is 1.18 bits per heavy atom. The summed E-state index contributed by atoms with van der Waals surface area (Å²) in [6, 6.07) is 7.99. The summed E-state index contributed by atoms with van der Waals surface area (Å²) in [7, 11) is 0. The van der Waals surface area contributed by atoms with E-state index in [1.807, 2.05) is 12.1 Å². The first-order valence-electron chi connectivity index (χ1n) is 7.62. The second-order valence-corrected chi connectivity index (χ2v) is 5.59. The molecule has 0 spiro atoms. The van der Waals surface area contributed by atoms with E-state index in [-0.39, 0.29) is 18.7 Å². The highest BCUT2D eigenvalue weighted by Crippen LogP contribution is 2.26. The summed E-state index contributed by atoms with van der Waals surface area (Å²) in [6.07, 6.45) is 3.03. The number of amides is 1. The van der Waals surface area contributed by atoms with Crippen LogP contribution in [0.2, 0.25) is 0 Å². The molecule has 7 nitrogen and oxygen atoms in total. The van der Waals surface area contributed by atoms with E-state index < -0.39 is 0 Å². The third-order valence-corrected chi connectivity index (χ3v) is 4.11. The zero-order valence-corrected chi connectivity index (χ0v) is 12.4. The van der Waals surface area contributed by atoms with Gasteiger partial charge in [-0.3, -0.25) is 4.90 Å². The Morgan fingerprint density at radius 2 is 1.86 bits per heavy atom. The van der Waals surface area contributed by atoms with Crippen LogP contribution < -0.4 is 9.80 Å². The van der Waals surface area contributed by atoms with Crippen molar-refractivity contribution in [1.29, 1.82) is 0 Å². The van der Waals surface area contributed by atoms with Crippen molar-refractivity contribution >= 4 is 17.5 Å². The Morgan fingerprint density at radius 3 is 2.55 bits per heavy atom. The van der Waals surface area contributed by atoms with Gasteiger partial charge in [0.05, 0.1) is 13.1 Å². The molecule has 116 valence electrons. The molecule has 2 aliphatic heterocycles. The minimum atomic E-state index is -0.385. The maximum absolute atomic E-state index is 11.9. The van der Waals surface area contributed by atoms with Crippen LogP contribution in [0.1, 0.15) is 19.3 Å². The van der Waals surface area contributed by atoms with Gasteiger partial charge in [0.2, 0.25) is 0 Å². The van der Waals surface area contributed by atoms with Crippen LogP contribution >= 0.6 is 0 Å². The number of ether oxygens (including phenoxy) is 1. The van der Waals surface area contributed by atoms with Gasteiger partial charge >= 0.3 is 6.09 Å². The van der Waals surface area contributed by atoms with E-state index in [0.717, 1.165) is 18.8 Å². The predicted octanol–water partition coefficient (Wildman–Crippen LogP) is 3.31. The normalized spacial score (nSPS) is 21.5. The number of anilines is 2. The fraction of sp³-hybridized carbons (Fsp3) is 0.533. The molecule has 0 bridgehead atoms. The number of cyclic esters (lactones) is 1. The summed E-state index contributed by atoms with van der Waals surface area (Å²) < 4.78 is 5.19. The summed E-state index contributed by atoms with van der Waals surface area (Å²) in [5, 5.41) is 3.46. The Balaban J connectivity index is 1.67. The molecule has 2 saturated heterocycles. The SMILES string of the molecule is [N-]=[N+]=NCC1CN(c2ccc(N3CCCCC3)cc2)C(=O)O1. The van der Waals surface area contributed by atoms with Crippen molar-refractivity contribution in [2.45, 2.75) is 25.4 Å². The first kappa shape index (κ1) is 14.5. The van der Waals surface area contributed by atoms with E-state index >= 15 is 0 Å². The molecule has 2 fully saturated rings. The van der Waals surface area contributed by atoms with E-state index in [0.29, 0.717) is 6.54 Å². The summed E-state index contributed by atoms with van der Waals surface area (Å²) in [5.74, 6) is 0. The van der Waals surface area contributed by atoms with Crippen LogP contribution in [0.3, 0.4) is 0 Å². The highest BCUT2D eigenvalue weighted by atomic mass is 16.6. The van der Waals surface area contributed by atoms with Gasteiger partial charge in [0.1, 0.15) is 6.10 Å². The summed E-state index contributed by atoms with van der Waals surface area (Å²) >= 11 is 0. The summed E-state index contributed by atoms with van der Waals surface area (Å²) in [4.78, 5) is 18.5. The largest absolute Gasteiger partial charge is 0.444 e. The Labute approximate surface area is 129 Å². The minimum Gasteiger partial charge on any atom is -0.444 e. The van der Waals surface area contributed by atoms with E-state index in [2.05, 4.69) is 27.1 Å². The van der Waals surface area contributed by atoms with E-state index in [4.69, 9.17) is 10.3 Å². The Hall–Kier alpha value is -2.40. The number of rotatable bonds is 4. The molecule has 1 aromatic rings. The molecular weight excluding hydrogens is 282 g/mol. The molecule has 22 heavy (non-hydrogen) atoms. The van der Waals surface area contributed by atoms with Crippen LogP contribution in [-0.4, -0.2) is 38.4 Å². The van der Waals surface area contributed by atoms with Crippen molar-refractivity contribution in [2.75, 3.05) is 36.0 Å². The van der Waals surface area contributed by atoms with Crippen molar-refractivity contribution in [3.63, 3.8) is 0 Å². The van der Waals surface area contributed by atoms with Crippen molar-refractivity contribution in [3.8, 4) is 0 Å². The summed E-state index contributed by atoms with van der Waals surface area (Å²) in [5.41, 5.74) is 10.3. The number of piperidine rings is 1. The maximum Gasteiger partial charge on any atom is 0.414 e. The van der Waals surface area contributed by atoms with Gasteiger partial charge in [0, 0.05) is 29.4 Å². The molecule has 0 radical (unpaired) electrons. The molecular formula is C15H19N5O2. The van der Waals surface area contributed by atoms with Gasteiger partial charge in [-0.1, -0.05) is 5.11 Å². The van der Waals surface area contributed by atoms with Gasteiger partial charge < -0.3 is 9.64 Å². The second-order valence-electron chi connectivity index (χ2n) is 5.59. The zero-order valence-electron chi connectivity index (χ0n) is 12.4. The fourth-order valence-electron chi connectivity index (χ4n) is 2.95. The fourth-order valence-corrected chi connectivity index (χ4v) is 2.95. The van der Waals surface area contributed by atoms with Gasteiger partial charge in [-0.15, -0.1) is 0 Å². The smallest absolute Gasteiger partial charge is 0.414 e.